The van der Waals surface area contributed by atoms with Gasteiger partial charge in [0.15, 0.2) is 28.5 Å². The van der Waals surface area contributed by atoms with Crippen molar-refractivity contribution >= 4 is 112 Å². The molecule has 7 aromatic heterocycles. The molecule has 0 saturated carbocycles. The smallest absolute Gasteiger partial charge is 0.322 e. The first-order chi connectivity index (χ1) is 70.8. The van der Waals surface area contributed by atoms with Gasteiger partial charge in [-0.3, -0.25) is 67.6 Å². The van der Waals surface area contributed by atoms with Crippen LogP contribution in [-0.2, 0) is 57.6 Å². The molecule has 17 rings (SSSR count). The van der Waals surface area contributed by atoms with Gasteiger partial charge in [-0.2, -0.15) is 102 Å². The molecule has 30 nitrogen and oxygen atoms in total. The van der Waals surface area contributed by atoms with Crippen molar-refractivity contribution in [3.05, 3.63) is 352 Å². The fourth-order valence-corrected chi connectivity index (χ4v) is 16.3. The fraction of sp³-hybridized carbons (Fsp3) is 0.176. The van der Waals surface area contributed by atoms with E-state index in [0.717, 1.165) is 88.7 Å². The lowest BCUT2D eigenvalue weighted by Gasteiger charge is -2.13. The van der Waals surface area contributed by atoms with Gasteiger partial charge in [-0.05, 0) is 242 Å². The molecule has 5 amide bonds. The van der Waals surface area contributed by atoms with E-state index < -0.39 is 116 Å². The number of fused-ring (bicyclic) bond motifs is 2. The van der Waals surface area contributed by atoms with Crippen LogP contribution in [0.5, 0.6) is 0 Å². The van der Waals surface area contributed by atoms with Crippen molar-refractivity contribution in [2.24, 2.45) is 7.05 Å². The molecule has 0 bridgehead atoms. The third kappa shape index (κ3) is 26.3. The van der Waals surface area contributed by atoms with Gasteiger partial charge in [0.05, 0.1) is 104 Å². The SMILES string of the molecule is CCn1nc(C(F)(F)F)cc1-c1ccc(C(=O)Nc2ccc3scnc3c2)cc1[N+](=O)[O-].CCn1nc(C(F)(F)F)cc1-c1ccc(C(=O)Nc2cccc(C)c2)cc1C#N.CCn1nc(C(F)(F)F)cc1-c1ccc(C(=O)Nc2cccc(C)c2)cc1F.Cc1cccc(NC(=O)c2ccc(-c3cc(C(F)(F)F)nn3C(C)C)c(C#N)c2)c1.Cn1nc(C(F)(F)F)cc1-c1ccc(C(=O)Nc2ccc3scnc3c2)cc1[N+](=O)[O-]. The molecule has 0 atom stereocenters. The lowest BCUT2D eigenvalue weighted by atomic mass is 10.0. The summed E-state index contributed by atoms with van der Waals surface area (Å²) in [7, 11) is 1.25. The number of nitro benzene ring substituents is 2. The largest absolute Gasteiger partial charge is 0.435 e. The molecule has 48 heteroatoms. The van der Waals surface area contributed by atoms with Crippen LogP contribution in [0.15, 0.2) is 242 Å². The monoisotopic (exact) mass is 2110 g/mol. The van der Waals surface area contributed by atoms with E-state index in [-0.39, 0.29) is 121 Å². The van der Waals surface area contributed by atoms with E-state index in [1.165, 1.54) is 112 Å². The van der Waals surface area contributed by atoms with Gasteiger partial charge in [-0.1, -0.05) is 48.5 Å². The van der Waals surface area contributed by atoms with Crippen LogP contribution >= 0.6 is 22.7 Å². The van der Waals surface area contributed by atoms with Crippen molar-refractivity contribution in [2.75, 3.05) is 26.6 Å². The fourth-order valence-electron chi connectivity index (χ4n) is 15.0. The van der Waals surface area contributed by atoms with Crippen molar-refractivity contribution in [1.29, 1.82) is 10.5 Å². The zero-order chi connectivity index (χ0) is 109. The van der Waals surface area contributed by atoms with Gasteiger partial charge in [0.2, 0.25) is 0 Å². The average Bonchev–Trinajstić information content (AvgIpc) is 1.62. The van der Waals surface area contributed by atoms with E-state index in [1.54, 1.807) is 137 Å². The van der Waals surface area contributed by atoms with E-state index >= 15 is 0 Å². The lowest BCUT2D eigenvalue weighted by molar-refractivity contribution is -0.384. The lowest BCUT2D eigenvalue weighted by Crippen LogP contribution is -2.12. The zero-order valence-corrected chi connectivity index (χ0v) is 81.1. The molecule has 0 unspecified atom stereocenters. The quantitative estimate of drug-likeness (QED) is 0.0253. The number of nitrogens with one attached hydrogen (secondary N) is 5. The topological polar surface area (TPSA) is 394 Å². The Labute approximate surface area is 847 Å². The molecule has 150 heavy (non-hydrogen) atoms. The Balaban J connectivity index is 0.000000156. The van der Waals surface area contributed by atoms with Crippen molar-refractivity contribution < 1.29 is 104 Å². The molecule has 0 aliphatic heterocycles. The molecule has 0 aliphatic rings. The number of carbonyl (C=O) groups excluding carboxylic acids is 5. The summed E-state index contributed by atoms with van der Waals surface area (Å²) in [5.41, 5.74) is 5.00. The van der Waals surface area contributed by atoms with E-state index in [2.05, 4.69) is 62.0 Å². The standard InChI is InChI=1S/C22H19F3N4O.C21H17F3N4O.C20H17F4N3O.C20H14F3N5O3S.C19H12F3N5O3S/c1-13(2)29-19(11-20(28-29)22(23,24)25)18-8-7-15(10-16(18)12-26)21(30)27-17-6-4-5-14(3)9-17;1-3-28-18(11-19(27-28)21(22,23)24)17-8-7-14(10-15(17)12-25)20(29)26-16-6-4-5-13(2)9-16;1-3-27-17(11-18(26-27)20(22,23)24)15-8-7-13(10-16(15)21)19(28)25-14-6-4-5-12(2)9-14;1-2-27-15(9-18(26-27)20(21,22)23)13-5-3-11(7-16(13)28(30)31)19(29)25-12-4-6-17-14(8-12)24-10-32-17;1-26-14(8-17(25-26)19(20,21)22)12-4-2-10(6-15(12)27(29)30)18(28)24-11-3-5-16-13(7-11)23-9-31-16/h4-11,13H,1-3H3,(H,27,30);4-11H,3H2,1-2H3,(H,26,29);4-11H,3H2,1-2H3,(H,25,28);3-10H,2H2,1H3,(H,25,29);2-9H,1H3,(H,24,28). The molecule has 0 fully saturated rings. The van der Waals surface area contributed by atoms with Crippen LogP contribution in [0.4, 0.5) is 110 Å². The zero-order valence-electron chi connectivity index (χ0n) is 79.5. The first kappa shape index (κ1) is 109. The predicted octanol–water partition coefficient (Wildman–Crippen LogP) is 26.1. The average molecular weight is 2110 g/mol. The molecule has 0 radical (unpaired) electrons. The Bertz CT molecular complexity index is 8120. The van der Waals surface area contributed by atoms with Gasteiger partial charge in [0, 0.05) is 118 Å². The number of rotatable bonds is 21. The molecule has 5 N–H and O–H groups in total. The van der Waals surface area contributed by atoms with Gasteiger partial charge in [0.1, 0.15) is 5.82 Å². The Morgan fingerprint density at radius 1 is 0.367 bits per heavy atom. The van der Waals surface area contributed by atoms with Crippen molar-refractivity contribution in [3.8, 4) is 68.4 Å². The molecule has 770 valence electrons. The number of nitriles is 2. The van der Waals surface area contributed by atoms with Crippen LogP contribution in [0.2, 0.25) is 0 Å². The summed E-state index contributed by atoms with van der Waals surface area (Å²) in [4.78, 5) is 92.7. The van der Waals surface area contributed by atoms with Crippen LogP contribution in [0, 0.1) is 69.5 Å². The maximum Gasteiger partial charge on any atom is 0.435 e. The Morgan fingerprint density at radius 2 is 0.660 bits per heavy atom. The number of aromatic nitrogens is 12. The number of hydrogen-bond acceptors (Lipinski definition) is 20. The maximum atomic E-state index is 14.6. The number of carbonyl (C=O) groups is 5. The predicted molar refractivity (Wildman–Crippen MR) is 527 cm³/mol. The number of amides is 5. The highest BCUT2D eigenvalue weighted by Gasteiger charge is 2.41. The number of aryl methyl sites for hydroxylation is 7. The number of thiazole rings is 2. The summed E-state index contributed by atoms with van der Waals surface area (Å²) >= 11 is 2.89. The first-order valence-electron chi connectivity index (χ1n) is 44.4. The Hall–Kier alpha value is -18.0. The van der Waals surface area contributed by atoms with Gasteiger partial charge >= 0.3 is 30.9 Å². The maximum absolute atomic E-state index is 14.6. The van der Waals surface area contributed by atoms with Crippen molar-refractivity contribution in [1.82, 2.24) is 58.9 Å². The number of nitro groups is 2. The minimum Gasteiger partial charge on any atom is -0.322 e. The van der Waals surface area contributed by atoms with Gasteiger partial charge in [0.25, 0.3) is 40.9 Å². The van der Waals surface area contributed by atoms with Crippen LogP contribution in [0.3, 0.4) is 0 Å². The van der Waals surface area contributed by atoms with Crippen molar-refractivity contribution in [3.63, 3.8) is 0 Å². The second-order valence-electron chi connectivity index (χ2n) is 33.0. The molecule has 7 heterocycles. The summed E-state index contributed by atoms with van der Waals surface area (Å²) in [5.74, 6) is -3.37. The highest BCUT2D eigenvalue weighted by Crippen LogP contribution is 2.43. The van der Waals surface area contributed by atoms with Gasteiger partial charge in [-0.25, -0.2) is 14.4 Å². The molecule has 17 aromatic rings. The molecular weight excluding hydrogens is 2030 g/mol. The van der Waals surface area contributed by atoms with E-state index in [9.17, 15) is 125 Å². The number of benzene rings is 10. The number of anilines is 5. The molecule has 0 saturated heterocycles. The summed E-state index contributed by atoms with van der Waals surface area (Å²) < 4.78 is 217. The van der Waals surface area contributed by atoms with Gasteiger partial charge in [-0.15, -0.1) is 22.7 Å². The van der Waals surface area contributed by atoms with E-state index in [0.29, 0.717) is 39.5 Å². The minimum atomic E-state index is -4.69. The second kappa shape index (κ2) is 45.4. The van der Waals surface area contributed by atoms with Gasteiger partial charge < -0.3 is 26.6 Å². The van der Waals surface area contributed by atoms with Crippen LogP contribution in [0.1, 0.15) is 149 Å². The summed E-state index contributed by atoms with van der Waals surface area (Å²) in [6.45, 7) is 14.3. The highest BCUT2D eigenvalue weighted by molar-refractivity contribution is 7.17. The normalized spacial score (nSPS) is 11.5. The van der Waals surface area contributed by atoms with E-state index in [1.807, 2.05) is 51.1 Å². The Morgan fingerprint density at radius 3 is 0.987 bits per heavy atom. The molecule has 0 aliphatic carbocycles. The number of nitrogens with zero attached hydrogens (tertiary/aromatic N) is 16. The minimum absolute atomic E-state index is 0.00188. The molecule has 10 aromatic carbocycles. The van der Waals surface area contributed by atoms with Crippen LogP contribution in [0.25, 0.3) is 76.7 Å². The van der Waals surface area contributed by atoms with Crippen LogP contribution in [-0.4, -0.2) is 98.3 Å². The molecular formula is C102H79F16N21O9S2. The Kier molecular flexibility index (Phi) is 33.0. The third-order valence-electron chi connectivity index (χ3n) is 22.1. The van der Waals surface area contributed by atoms with Crippen LogP contribution < -0.4 is 26.6 Å². The second-order valence-corrected chi connectivity index (χ2v) is 34.8. The summed E-state index contributed by atoms with van der Waals surface area (Å²) in [6, 6.07) is 59.0. The number of halogens is 16. The first-order valence-corrected chi connectivity index (χ1v) is 46.2. The van der Waals surface area contributed by atoms with Crippen molar-refractivity contribution in [2.45, 2.75) is 112 Å². The number of alkyl halides is 15. The summed E-state index contributed by atoms with van der Waals surface area (Å²) in [5, 5.41) is 73.3. The number of hydrogen-bond donors (Lipinski definition) is 5. The third-order valence-corrected chi connectivity index (χ3v) is 23.7. The van der Waals surface area contributed by atoms with E-state index in [4.69, 9.17) is 0 Å². The summed E-state index contributed by atoms with van der Waals surface area (Å²) in [6.07, 6.45) is -23.2. The molecule has 0 spiro atoms. The highest BCUT2D eigenvalue weighted by atomic mass is 32.1.